The summed E-state index contributed by atoms with van der Waals surface area (Å²) in [6, 6.07) is 43.1. The van der Waals surface area contributed by atoms with Gasteiger partial charge in [-0.1, -0.05) is 115 Å². The fourth-order valence-corrected chi connectivity index (χ4v) is 6.27. The summed E-state index contributed by atoms with van der Waals surface area (Å²) in [6.07, 6.45) is 1.80. The average Bonchev–Trinajstić information content (AvgIpc) is 3.36. The molecular weight excluding hydrogens is 614 g/mol. The molecule has 8 nitrogen and oxygen atoms in total. The van der Waals surface area contributed by atoms with Gasteiger partial charge in [-0.05, 0) is 52.1 Å². The summed E-state index contributed by atoms with van der Waals surface area (Å²) in [5, 5.41) is 11.7. The third-order valence-electron chi connectivity index (χ3n) is 7.88. The highest BCUT2D eigenvalue weighted by molar-refractivity contribution is 7.86. The maximum absolute atomic E-state index is 13.8. The monoisotopic (exact) mass is 647 g/mol. The van der Waals surface area contributed by atoms with Crippen molar-refractivity contribution < 1.29 is 26.9 Å². The molecule has 0 atom stereocenters. The van der Waals surface area contributed by atoms with E-state index in [1.165, 1.54) is 4.57 Å². The minimum atomic E-state index is -3.57. The van der Waals surface area contributed by atoms with Gasteiger partial charge >= 0.3 is 15.9 Å². The highest BCUT2D eigenvalue weighted by atomic mass is 32.2. The highest BCUT2D eigenvalue weighted by Crippen LogP contribution is 2.43. The summed E-state index contributed by atoms with van der Waals surface area (Å²) in [5.41, 5.74) is 2.96. The molecule has 47 heavy (non-hydrogen) atoms. The van der Waals surface area contributed by atoms with Crippen molar-refractivity contribution in [3.63, 3.8) is 0 Å². The van der Waals surface area contributed by atoms with Gasteiger partial charge in [-0.2, -0.15) is 8.42 Å². The lowest BCUT2D eigenvalue weighted by molar-refractivity contribution is 0.322. The lowest BCUT2D eigenvalue weighted by Crippen LogP contribution is -2.42. The summed E-state index contributed by atoms with van der Waals surface area (Å²) in [7, 11) is -3.57. The second-order valence-electron chi connectivity index (χ2n) is 11.1. The summed E-state index contributed by atoms with van der Waals surface area (Å²) >= 11 is 0. The van der Waals surface area contributed by atoms with Gasteiger partial charge in [0.25, 0.3) is 0 Å². The molecule has 0 saturated carbocycles. The Hall–Kier alpha value is -5.54. The molecule has 0 radical (unpaired) electrons. The van der Waals surface area contributed by atoms with Crippen LogP contribution in [0.2, 0.25) is 0 Å². The lowest BCUT2D eigenvalue weighted by Gasteiger charge is -2.36. The van der Waals surface area contributed by atoms with Gasteiger partial charge in [0.15, 0.2) is 5.76 Å². The molecule has 0 aliphatic heterocycles. The molecule has 6 aromatic rings. The van der Waals surface area contributed by atoms with Crippen LogP contribution >= 0.6 is 0 Å². The van der Waals surface area contributed by atoms with Crippen LogP contribution in [0.15, 0.2) is 149 Å². The average molecular weight is 648 g/mol. The van der Waals surface area contributed by atoms with Gasteiger partial charge in [0.05, 0.1) is 12.9 Å². The second kappa shape index (κ2) is 13.4. The van der Waals surface area contributed by atoms with E-state index in [4.69, 9.17) is 13.3 Å². The van der Waals surface area contributed by atoms with Crippen LogP contribution in [0, 0.1) is 0 Å². The Morgan fingerprint density at radius 1 is 0.681 bits per heavy atom. The number of aromatic nitrogens is 1. The van der Waals surface area contributed by atoms with Gasteiger partial charge in [0, 0.05) is 12.8 Å². The first-order valence-electron chi connectivity index (χ1n) is 15.0. The van der Waals surface area contributed by atoms with E-state index in [2.05, 4.69) is 0 Å². The number of hydrogen-bond acceptors (Lipinski definition) is 7. The Morgan fingerprint density at radius 3 is 1.64 bits per heavy atom. The number of benzene rings is 5. The lowest BCUT2D eigenvalue weighted by atomic mass is 9.76. The molecule has 0 aliphatic carbocycles. The van der Waals surface area contributed by atoms with Crippen LogP contribution < -0.4 is 14.7 Å². The Labute approximate surface area is 273 Å². The van der Waals surface area contributed by atoms with Crippen molar-refractivity contribution in [1.82, 2.24) is 4.57 Å². The Bertz CT molecular complexity index is 1990. The number of rotatable bonds is 12. The van der Waals surface area contributed by atoms with Gasteiger partial charge in [-0.3, -0.25) is 0 Å². The van der Waals surface area contributed by atoms with E-state index >= 15 is 0 Å². The van der Waals surface area contributed by atoms with Gasteiger partial charge in [0.2, 0.25) is 5.88 Å². The molecule has 0 bridgehead atoms. The van der Waals surface area contributed by atoms with Crippen LogP contribution in [-0.2, 0) is 28.5 Å². The summed E-state index contributed by atoms with van der Waals surface area (Å²) in [4.78, 5) is 13.8. The molecule has 1 N–H and O–H groups in total. The van der Waals surface area contributed by atoms with Crippen LogP contribution in [0.4, 0.5) is 0 Å². The predicted octanol–water partition coefficient (Wildman–Crippen LogP) is 6.54. The van der Waals surface area contributed by atoms with E-state index in [-0.39, 0.29) is 23.8 Å². The molecule has 0 unspecified atom stereocenters. The number of aromatic hydroxyl groups is 1. The van der Waals surface area contributed by atoms with Crippen LogP contribution in [0.3, 0.4) is 0 Å². The van der Waals surface area contributed by atoms with Crippen molar-refractivity contribution >= 4 is 10.1 Å². The number of ether oxygens (including phenoxy) is 1. The maximum Gasteiger partial charge on any atom is 0.423 e. The normalized spacial score (nSPS) is 11.7. The van der Waals surface area contributed by atoms with E-state index < -0.39 is 21.4 Å². The molecule has 0 saturated heterocycles. The Balaban J connectivity index is 1.24. The molecule has 0 fully saturated rings. The maximum atomic E-state index is 13.8. The fraction of sp³-hybridized carbons (Fsp3) is 0.132. The first-order chi connectivity index (χ1) is 22.7. The summed E-state index contributed by atoms with van der Waals surface area (Å²) in [5.74, 6) is 0.144. The fourth-order valence-electron chi connectivity index (χ4n) is 5.81. The zero-order valence-corrected chi connectivity index (χ0v) is 26.5. The zero-order chi connectivity index (χ0) is 32.9. The van der Waals surface area contributed by atoms with E-state index in [0.717, 1.165) is 34.1 Å². The number of oxazole rings is 1. The van der Waals surface area contributed by atoms with Crippen molar-refractivity contribution in [2.75, 3.05) is 12.9 Å². The standard InChI is InChI=1S/C38H33NO7S/c1-47(42,43)46-34-23-17-28(18-24-34)25-26-44-33-21-19-29(20-22-33)27-35-36(40)39(37(41)45-35)38(30-11-5-2-6-12-30,31-13-7-3-8-14-31)32-15-9-4-10-16-32/h2-24,40H,25-27H2,1H3. The minimum Gasteiger partial charge on any atom is -0.493 e. The zero-order valence-electron chi connectivity index (χ0n) is 25.7. The first-order valence-corrected chi connectivity index (χ1v) is 16.9. The molecule has 9 heteroatoms. The number of nitrogens with zero attached hydrogens (tertiary/aromatic N) is 1. The largest absolute Gasteiger partial charge is 0.493 e. The SMILES string of the molecule is CS(=O)(=O)Oc1ccc(CCOc2ccc(Cc3oc(=O)n(C(c4ccccc4)(c4ccccc4)c4ccccc4)c3O)cc2)cc1. The van der Waals surface area contributed by atoms with E-state index in [0.29, 0.717) is 18.8 Å². The Morgan fingerprint density at radius 2 is 1.15 bits per heavy atom. The molecule has 5 aromatic carbocycles. The van der Waals surface area contributed by atoms with Crippen LogP contribution in [0.1, 0.15) is 33.6 Å². The molecule has 0 spiro atoms. The van der Waals surface area contributed by atoms with Crippen LogP contribution in [0.5, 0.6) is 17.4 Å². The molecular formula is C38H33NO7S. The molecule has 6 rings (SSSR count). The van der Waals surface area contributed by atoms with E-state index in [9.17, 15) is 18.3 Å². The van der Waals surface area contributed by atoms with Crippen molar-refractivity contribution in [2.24, 2.45) is 0 Å². The van der Waals surface area contributed by atoms with Crippen molar-refractivity contribution in [3.8, 4) is 17.4 Å². The van der Waals surface area contributed by atoms with Crippen molar-refractivity contribution in [2.45, 2.75) is 18.4 Å². The van der Waals surface area contributed by atoms with E-state index in [1.807, 2.05) is 115 Å². The minimum absolute atomic E-state index is 0.152. The first kappa shape index (κ1) is 31.4. The molecule has 1 aromatic heterocycles. The number of hydrogen-bond donors (Lipinski definition) is 1. The third-order valence-corrected chi connectivity index (χ3v) is 8.38. The molecule has 0 aliphatic rings. The van der Waals surface area contributed by atoms with Gasteiger partial charge in [-0.25, -0.2) is 9.36 Å². The summed E-state index contributed by atoms with van der Waals surface area (Å²) in [6.45, 7) is 0.407. The third kappa shape index (κ3) is 6.85. The predicted molar refractivity (Wildman–Crippen MR) is 180 cm³/mol. The van der Waals surface area contributed by atoms with Crippen molar-refractivity contribution in [3.05, 3.63) is 184 Å². The van der Waals surface area contributed by atoms with Gasteiger partial charge in [-0.15, -0.1) is 0 Å². The highest BCUT2D eigenvalue weighted by Gasteiger charge is 2.43. The van der Waals surface area contributed by atoms with Gasteiger partial charge < -0.3 is 18.4 Å². The van der Waals surface area contributed by atoms with Crippen molar-refractivity contribution in [1.29, 1.82) is 0 Å². The molecule has 1 heterocycles. The topological polar surface area (TPSA) is 108 Å². The molecule has 238 valence electrons. The smallest absolute Gasteiger partial charge is 0.423 e. The molecule has 0 amide bonds. The van der Waals surface area contributed by atoms with E-state index in [1.54, 1.807) is 24.3 Å². The van der Waals surface area contributed by atoms with Crippen LogP contribution in [0.25, 0.3) is 0 Å². The van der Waals surface area contributed by atoms with Crippen LogP contribution in [-0.4, -0.2) is 31.0 Å². The second-order valence-corrected chi connectivity index (χ2v) is 12.7. The quantitative estimate of drug-likeness (QED) is 0.119. The summed E-state index contributed by atoms with van der Waals surface area (Å²) < 4.78 is 40.5. The van der Waals surface area contributed by atoms with Gasteiger partial charge in [0.1, 0.15) is 17.0 Å². The Kier molecular flexibility index (Phi) is 8.99.